The lowest BCUT2D eigenvalue weighted by atomic mass is 9.99. The van der Waals surface area contributed by atoms with Crippen LogP contribution in [0.4, 0.5) is 5.69 Å². The van der Waals surface area contributed by atoms with E-state index in [1.807, 2.05) is 6.92 Å². The second-order valence-electron chi connectivity index (χ2n) is 7.33. The van der Waals surface area contributed by atoms with Gasteiger partial charge in [0.2, 0.25) is 15.9 Å². The fourth-order valence-electron chi connectivity index (χ4n) is 3.42. The van der Waals surface area contributed by atoms with E-state index < -0.39 is 21.6 Å². The number of carbonyl (C=O) groups excluding carboxylic acids is 1. The van der Waals surface area contributed by atoms with Gasteiger partial charge in [-0.25, -0.2) is 22.2 Å². The summed E-state index contributed by atoms with van der Waals surface area (Å²) in [6, 6.07) is 5.16. The molecule has 1 aromatic heterocycles. The molecule has 0 saturated carbocycles. The number of carbonyl (C=O) groups is 1. The number of aromatic nitrogens is 3. The summed E-state index contributed by atoms with van der Waals surface area (Å²) in [4.78, 5) is 24.9. The Morgan fingerprint density at radius 2 is 2.10 bits per heavy atom. The van der Waals surface area contributed by atoms with E-state index in [4.69, 9.17) is 11.6 Å². The highest BCUT2D eigenvalue weighted by atomic mass is 35.5. The Kier molecular flexibility index (Phi) is 6.16. The van der Waals surface area contributed by atoms with Crippen molar-refractivity contribution >= 4 is 33.2 Å². The first-order valence-corrected chi connectivity index (χ1v) is 11.4. The SMILES string of the molecule is Cc1ccc(NC(=O)Cn2nc([C@H]3CCCN(S(C)(=O)=O)C3)n(C)c2=O)cc1Cl. The Morgan fingerprint density at radius 3 is 2.76 bits per heavy atom. The Balaban J connectivity index is 1.75. The number of halogens is 1. The number of nitrogens with one attached hydrogen (secondary N) is 1. The second kappa shape index (κ2) is 8.29. The minimum atomic E-state index is -3.31. The number of hydrogen-bond donors (Lipinski definition) is 1. The van der Waals surface area contributed by atoms with Gasteiger partial charge in [0.15, 0.2) is 0 Å². The van der Waals surface area contributed by atoms with E-state index in [1.165, 1.54) is 15.1 Å². The molecule has 1 saturated heterocycles. The monoisotopic (exact) mass is 441 g/mol. The Bertz CT molecular complexity index is 1090. The molecule has 1 N–H and O–H groups in total. The van der Waals surface area contributed by atoms with E-state index in [1.54, 1.807) is 25.2 Å². The van der Waals surface area contributed by atoms with Crippen LogP contribution in [0.3, 0.4) is 0 Å². The molecule has 1 amide bonds. The molecule has 0 radical (unpaired) electrons. The third-order valence-corrected chi connectivity index (χ3v) is 6.72. The first-order valence-electron chi connectivity index (χ1n) is 9.21. The number of nitrogens with zero attached hydrogens (tertiary/aromatic N) is 4. The molecule has 0 unspecified atom stereocenters. The molecule has 1 aromatic carbocycles. The average molecular weight is 442 g/mol. The molecule has 0 aliphatic carbocycles. The summed E-state index contributed by atoms with van der Waals surface area (Å²) in [5.74, 6) is -0.121. The van der Waals surface area contributed by atoms with Gasteiger partial charge in [0.25, 0.3) is 0 Å². The van der Waals surface area contributed by atoms with Crippen LogP contribution in [0.1, 0.15) is 30.1 Å². The number of anilines is 1. The molecule has 9 nitrogen and oxygen atoms in total. The van der Waals surface area contributed by atoms with Crippen molar-refractivity contribution in [3.8, 4) is 0 Å². The molecule has 2 aromatic rings. The topological polar surface area (TPSA) is 106 Å². The Morgan fingerprint density at radius 1 is 1.38 bits per heavy atom. The average Bonchev–Trinajstić information content (AvgIpc) is 2.92. The summed E-state index contributed by atoms with van der Waals surface area (Å²) in [5.41, 5.74) is 1.00. The molecule has 3 rings (SSSR count). The number of sulfonamides is 1. The van der Waals surface area contributed by atoms with E-state index in [2.05, 4.69) is 10.4 Å². The zero-order valence-electron chi connectivity index (χ0n) is 16.6. The molecule has 2 heterocycles. The summed E-state index contributed by atoms with van der Waals surface area (Å²) in [5, 5.41) is 7.56. The third-order valence-electron chi connectivity index (χ3n) is 5.04. The molecule has 0 bridgehead atoms. The maximum Gasteiger partial charge on any atom is 0.346 e. The summed E-state index contributed by atoms with van der Waals surface area (Å²) < 4.78 is 27.6. The smallest absolute Gasteiger partial charge is 0.324 e. The predicted octanol–water partition coefficient (Wildman–Crippen LogP) is 1.32. The maximum atomic E-state index is 12.5. The molecule has 0 spiro atoms. The fourth-order valence-corrected chi connectivity index (χ4v) is 4.52. The minimum absolute atomic E-state index is 0.198. The maximum absolute atomic E-state index is 12.5. The van der Waals surface area contributed by atoms with Gasteiger partial charge >= 0.3 is 5.69 Å². The van der Waals surface area contributed by atoms with Crippen molar-refractivity contribution in [2.24, 2.45) is 7.05 Å². The van der Waals surface area contributed by atoms with Crippen molar-refractivity contribution in [3.63, 3.8) is 0 Å². The quantitative estimate of drug-likeness (QED) is 0.753. The van der Waals surface area contributed by atoms with Crippen LogP contribution in [0.15, 0.2) is 23.0 Å². The van der Waals surface area contributed by atoms with Gasteiger partial charge in [0.1, 0.15) is 12.4 Å². The summed E-state index contributed by atoms with van der Waals surface area (Å²) in [6.45, 7) is 2.35. The van der Waals surface area contributed by atoms with Gasteiger partial charge in [-0.1, -0.05) is 17.7 Å². The van der Waals surface area contributed by atoms with Gasteiger partial charge in [-0.2, -0.15) is 5.10 Å². The van der Waals surface area contributed by atoms with Gasteiger partial charge in [-0.05, 0) is 37.5 Å². The highest BCUT2D eigenvalue weighted by Crippen LogP contribution is 2.26. The van der Waals surface area contributed by atoms with Gasteiger partial charge < -0.3 is 5.32 Å². The van der Waals surface area contributed by atoms with Crippen molar-refractivity contribution in [2.75, 3.05) is 24.7 Å². The first kappa shape index (κ1) is 21.5. The van der Waals surface area contributed by atoms with Crippen LogP contribution in [0, 0.1) is 6.92 Å². The van der Waals surface area contributed by atoms with E-state index in [0.29, 0.717) is 29.5 Å². The van der Waals surface area contributed by atoms with Gasteiger partial charge in [-0.3, -0.25) is 9.36 Å². The van der Waals surface area contributed by atoms with Gasteiger partial charge in [-0.15, -0.1) is 0 Å². The van der Waals surface area contributed by atoms with Crippen LogP contribution >= 0.6 is 11.6 Å². The van der Waals surface area contributed by atoms with Crippen LogP contribution in [0.2, 0.25) is 5.02 Å². The van der Waals surface area contributed by atoms with Crippen molar-refractivity contribution in [1.29, 1.82) is 0 Å². The van der Waals surface area contributed by atoms with Crippen LogP contribution in [0.5, 0.6) is 0 Å². The first-order chi connectivity index (χ1) is 13.6. The molecule has 1 fully saturated rings. The molecule has 29 heavy (non-hydrogen) atoms. The molecule has 1 aliphatic heterocycles. The number of amides is 1. The lowest BCUT2D eigenvalue weighted by Crippen LogP contribution is -2.39. The van der Waals surface area contributed by atoms with Crippen LogP contribution in [0.25, 0.3) is 0 Å². The summed E-state index contributed by atoms with van der Waals surface area (Å²) in [6.07, 6.45) is 2.59. The van der Waals surface area contributed by atoms with Crippen molar-refractivity contribution < 1.29 is 13.2 Å². The number of aryl methyl sites for hydroxylation is 1. The number of benzene rings is 1. The van der Waals surface area contributed by atoms with Crippen molar-refractivity contribution in [3.05, 3.63) is 45.1 Å². The van der Waals surface area contributed by atoms with Crippen molar-refractivity contribution in [2.45, 2.75) is 32.2 Å². The second-order valence-corrected chi connectivity index (χ2v) is 9.72. The van der Waals surface area contributed by atoms with E-state index in [0.717, 1.165) is 16.7 Å². The zero-order chi connectivity index (χ0) is 21.3. The standard InChI is InChI=1S/C18H24ClN5O4S/c1-12-6-7-14(9-15(12)19)20-16(25)11-24-18(26)22(2)17(21-24)13-5-4-8-23(10-13)29(3,27)28/h6-7,9,13H,4-5,8,10-11H2,1-3H3,(H,20,25)/t13-/m0/s1. The Hall–Kier alpha value is -2.17. The normalized spacial score (nSPS) is 18.0. The number of rotatable bonds is 5. The Labute approximate surface area is 174 Å². The van der Waals surface area contributed by atoms with Crippen LogP contribution in [-0.4, -0.2) is 52.3 Å². The van der Waals surface area contributed by atoms with Crippen LogP contribution in [-0.2, 0) is 28.4 Å². The van der Waals surface area contributed by atoms with E-state index in [-0.39, 0.29) is 19.0 Å². The van der Waals surface area contributed by atoms with Gasteiger partial charge in [0.05, 0.1) is 6.26 Å². The van der Waals surface area contributed by atoms with Crippen LogP contribution < -0.4 is 11.0 Å². The molecule has 1 atom stereocenters. The summed E-state index contributed by atoms with van der Waals surface area (Å²) >= 11 is 6.07. The van der Waals surface area contributed by atoms with E-state index in [9.17, 15) is 18.0 Å². The highest BCUT2D eigenvalue weighted by Gasteiger charge is 2.30. The highest BCUT2D eigenvalue weighted by molar-refractivity contribution is 7.88. The van der Waals surface area contributed by atoms with Gasteiger partial charge in [0, 0.05) is 36.8 Å². The zero-order valence-corrected chi connectivity index (χ0v) is 18.1. The third kappa shape index (κ3) is 4.88. The fraction of sp³-hybridized carbons (Fsp3) is 0.500. The molecular weight excluding hydrogens is 418 g/mol. The van der Waals surface area contributed by atoms with Crippen molar-refractivity contribution in [1.82, 2.24) is 18.7 Å². The van der Waals surface area contributed by atoms with E-state index >= 15 is 0 Å². The summed E-state index contributed by atoms with van der Waals surface area (Å²) in [7, 11) is -1.73. The predicted molar refractivity (Wildman–Crippen MR) is 111 cm³/mol. The molecular formula is C18H24ClN5O4S. The number of hydrogen-bond acceptors (Lipinski definition) is 5. The molecule has 11 heteroatoms. The number of piperidine rings is 1. The molecule has 158 valence electrons. The minimum Gasteiger partial charge on any atom is -0.324 e. The lowest BCUT2D eigenvalue weighted by Gasteiger charge is -2.30. The largest absolute Gasteiger partial charge is 0.346 e. The lowest BCUT2D eigenvalue weighted by molar-refractivity contribution is -0.117. The molecule has 1 aliphatic rings.